The predicted octanol–water partition coefficient (Wildman–Crippen LogP) is 2.85. The molecule has 0 spiro atoms. The van der Waals surface area contributed by atoms with Crippen LogP contribution in [0.3, 0.4) is 0 Å². The topological polar surface area (TPSA) is 62.6 Å². The molecule has 7 heteroatoms. The van der Waals surface area contributed by atoms with Gasteiger partial charge in [0.05, 0.1) is 25.6 Å². The van der Waals surface area contributed by atoms with E-state index in [1.807, 2.05) is 13.8 Å². The van der Waals surface area contributed by atoms with Crippen LogP contribution in [-0.2, 0) is 9.47 Å². The Morgan fingerprint density at radius 3 is 2.39 bits per heavy atom. The van der Waals surface area contributed by atoms with Crippen molar-refractivity contribution in [3.63, 3.8) is 0 Å². The number of benzene rings is 1. The fourth-order valence-electron chi connectivity index (χ4n) is 1.71. The van der Waals surface area contributed by atoms with E-state index < -0.39 is 5.97 Å². The number of hydrogen-bond acceptors (Lipinski definition) is 5. The van der Waals surface area contributed by atoms with Gasteiger partial charge in [0, 0.05) is 7.11 Å². The van der Waals surface area contributed by atoms with Gasteiger partial charge in [-0.25, -0.2) is 13.9 Å². The highest BCUT2D eigenvalue weighted by atomic mass is 19.1. The number of ether oxygens (including phenoxy) is 3. The summed E-state index contributed by atoms with van der Waals surface area (Å²) in [6, 6.07) is 5.67. The number of nitrogens with zero attached hydrogens (tertiary/aromatic N) is 2. The second-order valence-electron chi connectivity index (χ2n) is 4.08. The van der Waals surface area contributed by atoms with Crippen LogP contribution in [0.5, 0.6) is 5.88 Å². The van der Waals surface area contributed by atoms with Gasteiger partial charge in [0.15, 0.2) is 0 Å². The summed E-state index contributed by atoms with van der Waals surface area (Å²) in [5, 5.41) is 4.09. The summed E-state index contributed by atoms with van der Waals surface area (Å²) in [7, 11) is 2.82. The third kappa shape index (κ3) is 4.79. The molecule has 0 unspecified atom stereocenters. The number of carbonyl (C=O) groups excluding carboxylic acids is 1. The maximum atomic E-state index is 13.0. The van der Waals surface area contributed by atoms with Crippen LogP contribution < -0.4 is 4.74 Å². The van der Waals surface area contributed by atoms with Gasteiger partial charge in [-0.05, 0) is 24.3 Å². The molecule has 2 aromatic rings. The standard InChI is InChI=1S/C14H15FN2O4.C2H6/c1-19-7-8-21-13-12(14(18)20-2)9-16-17(13)11-5-3-10(15)4-6-11;1-2/h3-6,9H,7-8H2,1-2H3;1-2H3. The molecular formula is C16H21FN2O4. The molecule has 0 aliphatic heterocycles. The molecule has 0 fully saturated rings. The number of hydrogen-bond donors (Lipinski definition) is 0. The number of carbonyl (C=O) groups is 1. The minimum Gasteiger partial charge on any atom is -0.475 e. The third-order valence-corrected chi connectivity index (χ3v) is 2.73. The van der Waals surface area contributed by atoms with Crippen LogP contribution in [-0.4, -0.2) is 43.2 Å². The van der Waals surface area contributed by atoms with Crippen LogP contribution in [0.15, 0.2) is 30.5 Å². The summed E-state index contributed by atoms with van der Waals surface area (Å²) in [5.41, 5.74) is 0.761. The summed E-state index contributed by atoms with van der Waals surface area (Å²) >= 11 is 0. The van der Waals surface area contributed by atoms with E-state index in [0.717, 1.165) is 0 Å². The van der Waals surface area contributed by atoms with Crippen molar-refractivity contribution in [3.8, 4) is 11.6 Å². The van der Waals surface area contributed by atoms with Gasteiger partial charge < -0.3 is 14.2 Å². The van der Waals surface area contributed by atoms with Gasteiger partial charge in [-0.3, -0.25) is 0 Å². The lowest BCUT2D eigenvalue weighted by Gasteiger charge is -2.10. The van der Waals surface area contributed by atoms with Crippen molar-refractivity contribution >= 4 is 5.97 Å². The lowest BCUT2D eigenvalue weighted by atomic mass is 10.3. The number of rotatable bonds is 6. The van der Waals surface area contributed by atoms with Gasteiger partial charge in [-0.1, -0.05) is 13.8 Å². The molecule has 23 heavy (non-hydrogen) atoms. The van der Waals surface area contributed by atoms with Crippen molar-refractivity contribution in [3.05, 3.63) is 41.8 Å². The number of methoxy groups -OCH3 is 2. The highest BCUT2D eigenvalue weighted by Gasteiger charge is 2.20. The lowest BCUT2D eigenvalue weighted by Crippen LogP contribution is -2.11. The summed E-state index contributed by atoms with van der Waals surface area (Å²) < 4.78 is 29.5. The first kappa shape index (κ1) is 18.6. The highest BCUT2D eigenvalue weighted by Crippen LogP contribution is 2.23. The minimum atomic E-state index is -0.559. The molecule has 0 N–H and O–H groups in total. The smallest absolute Gasteiger partial charge is 0.345 e. The molecule has 1 aromatic carbocycles. The second-order valence-corrected chi connectivity index (χ2v) is 4.08. The molecule has 0 atom stereocenters. The second kappa shape index (κ2) is 9.58. The summed E-state index contributed by atoms with van der Waals surface area (Å²) in [6.07, 6.45) is 1.34. The van der Waals surface area contributed by atoms with Crippen molar-refractivity contribution in [2.75, 3.05) is 27.4 Å². The molecule has 1 aromatic heterocycles. The molecule has 0 saturated heterocycles. The first-order valence-electron chi connectivity index (χ1n) is 7.21. The van der Waals surface area contributed by atoms with Crippen LogP contribution in [0.2, 0.25) is 0 Å². The van der Waals surface area contributed by atoms with E-state index in [-0.39, 0.29) is 23.9 Å². The van der Waals surface area contributed by atoms with Crippen LogP contribution in [0.4, 0.5) is 4.39 Å². The van der Waals surface area contributed by atoms with Gasteiger partial charge in [-0.15, -0.1) is 0 Å². The molecule has 0 amide bonds. The Kier molecular flexibility index (Phi) is 7.76. The first-order chi connectivity index (χ1) is 11.2. The van der Waals surface area contributed by atoms with Gasteiger partial charge >= 0.3 is 5.97 Å². The molecule has 2 rings (SSSR count). The Bertz CT molecular complexity index is 611. The average molecular weight is 324 g/mol. The van der Waals surface area contributed by atoms with E-state index in [4.69, 9.17) is 9.47 Å². The van der Waals surface area contributed by atoms with Crippen molar-refractivity contribution in [1.29, 1.82) is 0 Å². The average Bonchev–Trinajstić information content (AvgIpc) is 3.01. The van der Waals surface area contributed by atoms with E-state index in [9.17, 15) is 9.18 Å². The Morgan fingerprint density at radius 2 is 1.83 bits per heavy atom. The maximum absolute atomic E-state index is 13.0. The Hall–Kier alpha value is -2.41. The van der Waals surface area contributed by atoms with E-state index >= 15 is 0 Å². The molecule has 0 aliphatic rings. The van der Waals surface area contributed by atoms with Crippen LogP contribution in [0, 0.1) is 5.82 Å². The number of halogens is 1. The monoisotopic (exact) mass is 324 g/mol. The molecule has 0 bridgehead atoms. The molecular weight excluding hydrogens is 303 g/mol. The van der Waals surface area contributed by atoms with E-state index in [1.54, 1.807) is 7.11 Å². The molecule has 126 valence electrons. The van der Waals surface area contributed by atoms with Crippen molar-refractivity contribution in [2.45, 2.75) is 13.8 Å². The highest BCUT2D eigenvalue weighted by molar-refractivity contribution is 5.91. The fraction of sp³-hybridized carbons (Fsp3) is 0.375. The van der Waals surface area contributed by atoms with Gasteiger partial charge in [0.2, 0.25) is 5.88 Å². The van der Waals surface area contributed by atoms with Gasteiger partial charge in [0.25, 0.3) is 0 Å². The summed E-state index contributed by atoms with van der Waals surface area (Å²) in [4.78, 5) is 11.7. The van der Waals surface area contributed by atoms with Crippen molar-refractivity contribution < 1.29 is 23.4 Å². The predicted molar refractivity (Wildman–Crippen MR) is 83.6 cm³/mol. The minimum absolute atomic E-state index is 0.193. The van der Waals surface area contributed by atoms with Gasteiger partial charge in [0.1, 0.15) is 18.0 Å². The first-order valence-corrected chi connectivity index (χ1v) is 7.21. The van der Waals surface area contributed by atoms with Crippen LogP contribution >= 0.6 is 0 Å². The Labute approximate surface area is 134 Å². The Balaban J connectivity index is 0.00000127. The third-order valence-electron chi connectivity index (χ3n) is 2.73. The zero-order valence-electron chi connectivity index (χ0n) is 13.7. The van der Waals surface area contributed by atoms with E-state index in [1.165, 1.54) is 42.3 Å². The maximum Gasteiger partial charge on any atom is 0.345 e. The molecule has 1 heterocycles. The summed E-state index contributed by atoms with van der Waals surface area (Å²) in [6.45, 7) is 4.60. The van der Waals surface area contributed by atoms with Crippen LogP contribution in [0.25, 0.3) is 5.69 Å². The fourth-order valence-corrected chi connectivity index (χ4v) is 1.71. The number of esters is 1. The lowest BCUT2D eigenvalue weighted by molar-refractivity contribution is 0.0593. The molecule has 6 nitrogen and oxygen atoms in total. The molecule has 0 radical (unpaired) electrons. The quantitative estimate of drug-likeness (QED) is 0.604. The Morgan fingerprint density at radius 1 is 1.17 bits per heavy atom. The van der Waals surface area contributed by atoms with Crippen molar-refractivity contribution in [1.82, 2.24) is 9.78 Å². The summed E-state index contributed by atoms with van der Waals surface area (Å²) in [5.74, 6) is -0.692. The number of aromatic nitrogens is 2. The molecule has 0 saturated carbocycles. The van der Waals surface area contributed by atoms with Crippen molar-refractivity contribution in [2.24, 2.45) is 0 Å². The normalized spacial score (nSPS) is 9.78. The largest absolute Gasteiger partial charge is 0.475 e. The SMILES string of the molecule is CC.COCCOc1c(C(=O)OC)cnn1-c1ccc(F)cc1. The van der Waals surface area contributed by atoms with E-state index in [0.29, 0.717) is 12.3 Å². The van der Waals surface area contributed by atoms with Crippen LogP contribution in [0.1, 0.15) is 24.2 Å². The zero-order valence-corrected chi connectivity index (χ0v) is 13.7. The van der Waals surface area contributed by atoms with E-state index in [2.05, 4.69) is 9.84 Å². The molecule has 0 aliphatic carbocycles. The zero-order chi connectivity index (χ0) is 17.2. The van der Waals surface area contributed by atoms with Gasteiger partial charge in [-0.2, -0.15) is 5.10 Å².